The Morgan fingerprint density at radius 3 is 2.65 bits per heavy atom. The van der Waals surface area contributed by atoms with Gasteiger partial charge in [0.25, 0.3) is 0 Å². The van der Waals surface area contributed by atoms with Gasteiger partial charge in [0.1, 0.15) is 4.90 Å². The van der Waals surface area contributed by atoms with Gasteiger partial charge in [0.2, 0.25) is 10.0 Å². The van der Waals surface area contributed by atoms with Gasteiger partial charge in [0.05, 0.1) is 0 Å². The van der Waals surface area contributed by atoms with Gasteiger partial charge in [-0.3, -0.25) is 4.98 Å². The molecule has 1 fully saturated rings. The average Bonchev–Trinajstić information content (AvgIpc) is 2.46. The molecule has 2 rings (SSSR count). The van der Waals surface area contributed by atoms with E-state index in [1.165, 1.54) is 25.5 Å². The standard InChI is InChI=1S/C13H19BrN2O2S2/c1-19-13(5-3-2-4-6-13)10-16-20(17,18)12-7-11(14)8-15-9-12/h7-9,16H,2-6,10H2,1H3. The van der Waals surface area contributed by atoms with Crippen LogP contribution in [-0.2, 0) is 10.0 Å². The molecule has 1 heterocycles. The molecule has 0 unspecified atom stereocenters. The van der Waals surface area contributed by atoms with Gasteiger partial charge in [-0.25, -0.2) is 13.1 Å². The van der Waals surface area contributed by atoms with Crippen LogP contribution in [0.1, 0.15) is 32.1 Å². The van der Waals surface area contributed by atoms with E-state index in [2.05, 4.69) is 31.9 Å². The first-order valence-corrected chi connectivity index (χ1v) is 10.1. The minimum Gasteiger partial charge on any atom is -0.262 e. The second-order valence-corrected chi connectivity index (χ2v) is 9.07. The fourth-order valence-electron chi connectivity index (χ4n) is 2.50. The summed E-state index contributed by atoms with van der Waals surface area (Å²) in [6.07, 6.45) is 10.8. The lowest BCUT2D eigenvalue weighted by Gasteiger charge is -2.35. The first kappa shape index (κ1) is 16.3. The van der Waals surface area contributed by atoms with Crippen molar-refractivity contribution in [2.75, 3.05) is 12.8 Å². The lowest BCUT2D eigenvalue weighted by molar-refractivity contribution is 0.395. The zero-order valence-electron chi connectivity index (χ0n) is 11.4. The molecule has 0 amide bonds. The summed E-state index contributed by atoms with van der Waals surface area (Å²) in [6, 6.07) is 1.57. The SMILES string of the molecule is CSC1(CNS(=O)(=O)c2cncc(Br)c2)CCCCC1. The minimum atomic E-state index is -3.49. The molecule has 0 atom stereocenters. The van der Waals surface area contributed by atoms with Gasteiger partial charge in [-0.05, 0) is 41.1 Å². The van der Waals surface area contributed by atoms with Gasteiger partial charge < -0.3 is 0 Å². The molecule has 4 nitrogen and oxygen atoms in total. The lowest BCUT2D eigenvalue weighted by atomic mass is 9.88. The molecule has 20 heavy (non-hydrogen) atoms. The summed E-state index contributed by atoms with van der Waals surface area (Å²) in [6.45, 7) is 0.489. The van der Waals surface area contributed by atoms with E-state index in [1.807, 2.05) is 0 Å². The summed E-state index contributed by atoms with van der Waals surface area (Å²) in [7, 11) is -3.49. The maximum absolute atomic E-state index is 12.3. The second kappa shape index (κ2) is 6.77. The Labute approximate surface area is 133 Å². The topological polar surface area (TPSA) is 59.1 Å². The van der Waals surface area contributed by atoms with Crippen LogP contribution in [0.2, 0.25) is 0 Å². The number of hydrogen-bond acceptors (Lipinski definition) is 4. The van der Waals surface area contributed by atoms with Crippen LogP contribution in [0.3, 0.4) is 0 Å². The van der Waals surface area contributed by atoms with Crippen LogP contribution >= 0.6 is 27.7 Å². The van der Waals surface area contributed by atoms with E-state index in [0.29, 0.717) is 11.0 Å². The largest absolute Gasteiger partial charge is 0.262 e. The summed E-state index contributed by atoms with van der Waals surface area (Å²) in [4.78, 5) is 4.12. The molecule has 0 aromatic carbocycles. The van der Waals surface area contributed by atoms with Gasteiger partial charge in [-0.1, -0.05) is 19.3 Å². The van der Waals surface area contributed by atoms with Gasteiger partial charge >= 0.3 is 0 Å². The van der Waals surface area contributed by atoms with E-state index in [0.717, 1.165) is 12.8 Å². The summed E-state index contributed by atoms with van der Waals surface area (Å²) in [5, 5.41) is 0. The van der Waals surface area contributed by atoms with E-state index >= 15 is 0 Å². The highest BCUT2D eigenvalue weighted by Crippen LogP contribution is 2.38. The maximum Gasteiger partial charge on any atom is 0.242 e. The number of rotatable bonds is 5. The number of nitrogens with one attached hydrogen (secondary N) is 1. The van der Waals surface area contributed by atoms with Crippen LogP contribution in [0, 0.1) is 0 Å². The minimum absolute atomic E-state index is 0.0464. The normalized spacial score (nSPS) is 18.9. The zero-order chi connectivity index (χ0) is 14.6. The Morgan fingerprint density at radius 1 is 1.35 bits per heavy atom. The molecule has 1 aromatic heterocycles. The Bertz CT molecular complexity index is 557. The number of pyridine rings is 1. The van der Waals surface area contributed by atoms with Crippen molar-refractivity contribution in [2.45, 2.75) is 41.7 Å². The Kier molecular flexibility index (Phi) is 5.50. The predicted octanol–water partition coefficient (Wildman–Crippen LogP) is 3.19. The number of halogens is 1. The van der Waals surface area contributed by atoms with Gasteiger partial charge in [0, 0.05) is 28.2 Å². The molecule has 0 aliphatic heterocycles. The van der Waals surface area contributed by atoms with Gasteiger partial charge in [-0.15, -0.1) is 0 Å². The van der Waals surface area contributed by atoms with Crippen LogP contribution in [0.15, 0.2) is 27.8 Å². The quantitative estimate of drug-likeness (QED) is 0.854. The van der Waals surface area contributed by atoms with Crippen molar-refractivity contribution in [3.63, 3.8) is 0 Å². The number of sulfonamides is 1. The Balaban J connectivity index is 2.08. The van der Waals surface area contributed by atoms with E-state index in [9.17, 15) is 8.42 Å². The van der Waals surface area contributed by atoms with Crippen molar-refractivity contribution in [3.8, 4) is 0 Å². The Morgan fingerprint density at radius 2 is 2.05 bits per heavy atom. The average molecular weight is 379 g/mol. The van der Waals surface area contributed by atoms with Crippen molar-refractivity contribution >= 4 is 37.7 Å². The van der Waals surface area contributed by atoms with Crippen LogP contribution in [0.5, 0.6) is 0 Å². The van der Waals surface area contributed by atoms with Crippen molar-refractivity contribution in [2.24, 2.45) is 0 Å². The third-order valence-electron chi connectivity index (χ3n) is 3.77. The van der Waals surface area contributed by atoms with Crippen molar-refractivity contribution in [3.05, 3.63) is 22.9 Å². The second-order valence-electron chi connectivity index (χ2n) is 5.11. The van der Waals surface area contributed by atoms with Gasteiger partial charge in [-0.2, -0.15) is 11.8 Å². The molecule has 0 bridgehead atoms. The molecule has 0 saturated heterocycles. The fraction of sp³-hybridized carbons (Fsp3) is 0.615. The highest BCUT2D eigenvalue weighted by Gasteiger charge is 2.32. The first-order valence-electron chi connectivity index (χ1n) is 6.63. The molecule has 0 spiro atoms. The third-order valence-corrected chi connectivity index (χ3v) is 6.99. The molecule has 7 heteroatoms. The van der Waals surface area contributed by atoms with E-state index in [-0.39, 0.29) is 9.64 Å². The van der Waals surface area contributed by atoms with Crippen LogP contribution in [-0.4, -0.2) is 30.9 Å². The molecule has 112 valence electrons. The molecule has 1 saturated carbocycles. The van der Waals surface area contributed by atoms with Crippen molar-refractivity contribution in [1.82, 2.24) is 9.71 Å². The zero-order valence-corrected chi connectivity index (χ0v) is 14.7. The molecule has 1 aromatic rings. The van der Waals surface area contributed by atoms with Crippen LogP contribution in [0.4, 0.5) is 0 Å². The van der Waals surface area contributed by atoms with Crippen molar-refractivity contribution in [1.29, 1.82) is 0 Å². The molecule has 0 radical (unpaired) electrons. The molecular formula is C13H19BrN2O2S2. The summed E-state index contributed by atoms with van der Waals surface area (Å²) in [5.74, 6) is 0. The number of thioether (sulfide) groups is 1. The Hall–Kier alpha value is -0.110. The predicted molar refractivity (Wildman–Crippen MR) is 86.5 cm³/mol. The molecule has 1 aliphatic rings. The highest BCUT2D eigenvalue weighted by atomic mass is 79.9. The molecule has 1 N–H and O–H groups in total. The van der Waals surface area contributed by atoms with Crippen molar-refractivity contribution < 1.29 is 8.42 Å². The molecular weight excluding hydrogens is 360 g/mol. The maximum atomic E-state index is 12.3. The van der Waals surface area contributed by atoms with Crippen LogP contribution in [0.25, 0.3) is 0 Å². The first-order chi connectivity index (χ1) is 9.47. The highest BCUT2D eigenvalue weighted by molar-refractivity contribution is 9.10. The number of aromatic nitrogens is 1. The van der Waals surface area contributed by atoms with Crippen LogP contribution < -0.4 is 4.72 Å². The number of nitrogens with zero attached hydrogens (tertiary/aromatic N) is 1. The summed E-state index contributed by atoms with van der Waals surface area (Å²) in [5.41, 5.74) is 0. The monoisotopic (exact) mass is 378 g/mol. The lowest BCUT2D eigenvalue weighted by Crippen LogP contribution is -2.41. The van der Waals surface area contributed by atoms with E-state index in [4.69, 9.17) is 0 Å². The summed E-state index contributed by atoms with van der Waals surface area (Å²) >= 11 is 5.03. The van der Waals surface area contributed by atoms with Gasteiger partial charge in [0.15, 0.2) is 0 Å². The smallest absolute Gasteiger partial charge is 0.242 e. The third kappa shape index (κ3) is 3.96. The number of hydrogen-bond donors (Lipinski definition) is 1. The van der Waals surface area contributed by atoms with E-state index in [1.54, 1.807) is 24.0 Å². The fourth-order valence-corrected chi connectivity index (χ4v) is 5.13. The summed E-state index contributed by atoms with van der Waals surface area (Å²) < 4.78 is 28.1. The molecule has 1 aliphatic carbocycles. The van der Waals surface area contributed by atoms with E-state index < -0.39 is 10.0 Å².